The van der Waals surface area contributed by atoms with Gasteiger partial charge in [0.2, 0.25) is 5.91 Å². The zero-order valence-electron chi connectivity index (χ0n) is 19.9. The lowest BCUT2D eigenvalue weighted by Crippen LogP contribution is -2.47. The maximum absolute atomic E-state index is 13.5. The molecule has 35 heavy (non-hydrogen) atoms. The fourth-order valence-corrected chi connectivity index (χ4v) is 6.19. The molecular weight excluding hydrogens is 452 g/mol. The van der Waals surface area contributed by atoms with Crippen molar-refractivity contribution in [1.82, 2.24) is 9.27 Å². The molecule has 0 bridgehead atoms. The third-order valence-corrected chi connectivity index (χ3v) is 8.09. The molecule has 0 saturated carbocycles. The predicted octanol–water partition coefficient (Wildman–Crippen LogP) is 5.66. The van der Waals surface area contributed by atoms with E-state index in [0.717, 1.165) is 69.2 Å². The third-order valence-electron chi connectivity index (χ3n) is 7.27. The molecule has 0 radical (unpaired) electrons. The Morgan fingerprint density at radius 1 is 0.800 bits per heavy atom. The molecule has 0 atom stereocenters. The van der Waals surface area contributed by atoms with Gasteiger partial charge in [-0.15, -0.1) is 0 Å². The highest BCUT2D eigenvalue weighted by Crippen LogP contribution is 2.36. The number of rotatable bonds is 5. The van der Waals surface area contributed by atoms with E-state index < -0.39 is 0 Å². The van der Waals surface area contributed by atoms with E-state index in [1.54, 1.807) is 11.5 Å². The molecule has 0 aliphatic carbocycles. The molecule has 0 unspecified atom stereocenters. The number of amides is 1. The van der Waals surface area contributed by atoms with Crippen LogP contribution in [-0.4, -0.2) is 47.9 Å². The number of benzene rings is 3. The average Bonchev–Trinajstić information content (AvgIpc) is 3.26. The van der Waals surface area contributed by atoms with Gasteiger partial charge in [0.25, 0.3) is 0 Å². The molecule has 1 amide bonds. The number of aromatic nitrogens is 1. The lowest BCUT2D eigenvalue weighted by Gasteiger charge is -2.35. The first-order chi connectivity index (χ1) is 17.3. The summed E-state index contributed by atoms with van der Waals surface area (Å²) in [6.45, 7) is 4.93. The molecule has 0 spiro atoms. The summed E-state index contributed by atoms with van der Waals surface area (Å²) in [5, 5.41) is 1.26. The molecule has 3 aromatic carbocycles. The Labute approximate surface area is 210 Å². The Morgan fingerprint density at radius 3 is 2.14 bits per heavy atom. The fourth-order valence-electron chi connectivity index (χ4n) is 5.40. The molecule has 4 aromatic rings. The maximum Gasteiger partial charge on any atom is 0.231 e. The van der Waals surface area contributed by atoms with Gasteiger partial charge in [-0.1, -0.05) is 48.5 Å². The first kappa shape index (κ1) is 22.3. The summed E-state index contributed by atoms with van der Waals surface area (Å²) in [6, 6.07) is 25.2. The summed E-state index contributed by atoms with van der Waals surface area (Å²) in [7, 11) is 0. The van der Waals surface area contributed by atoms with Crippen molar-refractivity contribution >= 4 is 44.7 Å². The van der Waals surface area contributed by atoms with Crippen LogP contribution in [0.4, 0.5) is 17.2 Å². The van der Waals surface area contributed by atoms with Crippen LogP contribution >= 0.6 is 11.5 Å². The highest BCUT2D eigenvalue weighted by molar-refractivity contribution is 7.13. The summed E-state index contributed by atoms with van der Waals surface area (Å²) in [5.41, 5.74) is 4.60. The summed E-state index contributed by atoms with van der Waals surface area (Å²) >= 11 is 1.58. The number of para-hydroxylation sites is 2. The van der Waals surface area contributed by atoms with Crippen LogP contribution in [0.5, 0.6) is 0 Å². The quantitative estimate of drug-likeness (QED) is 0.368. The van der Waals surface area contributed by atoms with Gasteiger partial charge in [0, 0.05) is 38.0 Å². The van der Waals surface area contributed by atoms with E-state index in [1.807, 2.05) is 17.0 Å². The van der Waals surface area contributed by atoms with E-state index in [-0.39, 0.29) is 5.91 Å². The molecule has 1 fully saturated rings. The van der Waals surface area contributed by atoms with Gasteiger partial charge in [0.15, 0.2) is 0 Å². The summed E-state index contributed by atoms with van der Waals surface area (Å²) in [6.07, 6.45) is 3.37. The number of piperazine rings is 1. The van der Waals surface area contributed by atoms with Crippen LogP contribution in [0.15, 0.2) is 72.8 Å². The number of aryl methyl sites for hydroxylation is 2. The van der Waals surface area contributed by atoms with Crippen LogP contribution in [0.3, 0.4) is 0 Å². The predicted molar refractivity (Wildman–Crippen MR) is 145 cm³/mol. The van der Waals surface area contributed by atoms with Crippen LogP contribution in [-0.2, 0) is 17.6 Å². The van der Waals surface area contributed by atoms with Crippen LogP contribution in [0, 0.1) is 0 Å². The van der Waals surface area contributed by atoms with E-state index in [2.05, 4.69) is 70.5 Å². The zero-order chi connectivity index (χ0) is 23.6. The third kappa shape index (κ3) is 4.44. The Bertz CT molecular complexity index is 1290. The Kier molecular flexibility index (Phi) is 6.23. The highest BCUT2D eigenvalue weighted by atomic mass is 32.1. The molecule has 2 aliphatic rings. The van der Waals surface area contributed by atoms with Crippen molar-refractivity contribution in [3.05, 3.63) is 83.9 Å². The van der Waals surface area contributed by atoms with Crippen molar-refractivity contribution in [2.45, 2.75) is 25.7 Å². The summed E-state index contributed by atoms with van der Waals surface area (Å²) < 4.78 is 5.97. The minimum Gasteiger partial charge on any atom is -0.353 e. The van der Waals surface area contributed by atoms with Crippen molar-refractivity contribution in [2.75, 3.05) is 42.5 Å². The van der Waals surface area contributed by atoms with E-state index in [0.29, 0.717) is 6.42 Å². The van der Waals surface area contributed by atoms with Gasteiger partial charge >= 0.3 is 0 Å². The lowest BCUT2D eigenvalue weighted by atomic mass is 10.0. The highest BCUT2D eigenvalue weighted by Gasteiger charge is 2.26. The number of carbonyl (C=O) groups excluding carboxylic acids is 1. The van der Waals surface area contributed by atoms with E-state index >= 15 is 0 Å². The van der Waals surface area contributed by atoms with Crippen molar-refractivity contribution in [3.8, 4) is 0 Å². The second kappa shape index (κ2) is 9.80. The molecule has 6 rings (SSSR count). The summed E-state index contributed by atoms with van der Waals surface area (Å²) in [4.78, 5) is 20.4. The molecular formula is C29H30N4OS. The van der Waals surface area contributed by atoms with Crippen molar-refractivity contribution in [1.29, 1.82) is 0 Å². The van der Waals surface area contributed by atoms with Crippen molar-refractivity contribution in [2.24, 2.45) is 0 Å². The number of carbonyl (C=O) groups is 1. The van der Waals surface area contributed by atoms with Gasteiger partial charge in [0.05, 0.1) is 16.1 Å². The Balaban J connectivity index is 1.08. The first-order valence-electron chi connectivity index (χ1n) is 12.6. The smallest absolute Gasteiger partial charge is 0.231 e. The van der Waals surface area contributed by atoms with Gasteiger partial charge in [-0.3, -0.25) is 14.6 Å². The first-order valence-corrected chi connectivity index (χ1v) is 13.4. The van der Waals surface area contributed by atoms with Crippen LogP contribution in [0.25, 0.3) is 10.1 Å². The molecule has 5 nitrogen and oxygen atoms in total. The molecule has 1 aromatic heterocycles. The van der Waals surface area contributed by atoms with Gasteiger partial charge in [-0.05, 0) is 72.7 Å². The van der Waals surface area contributed by atoms with Crippen LogP contribution < -0.4 is 9.80 Å². The minimum absolute atomic E-state index is 0.194. The normalized spacial score (nSPS) is 16.1. The van der Waals surface area contributed by atoms with Crippen molar-refractivity contribution in [3.63, 3.8) is 0 Å². The zero-order valence-corrected chi connectivity index (χ0v) is 20.7. The second-order valence-electron chi connectivity index (χ2n) is 9.42. The van der Waals surface area contributed by atoms with E-state index in [9.17, 15) is 4.79 Å². The largest absolute Gasteiger partial charge is 0.353 e. The Morgan fingerprint density at radius 2 is 1.43 bits per heavy atom. The standard InChI is InChI=1S/C29H30N4OS/c34-28(33-25-11-4-1-8-22(25)15-16-23-9-2-5-12-26(23)33)14-7-17-31-18-20-32(21-19-31)29-24-10-3-6-13-27(24)35-30-29/h1-6,8-13H,7,14-21H2. The van der Waals surface area contributed by atoms with Gasteiger partial charge in [-0.25, -0.2) is 0 Å². The molecule has 3 heterocycles. The van der Waals surface area contributed by atoms with E-state index in [4.69, 9.17) is 4.37 Å². The SMILES string of the molecule is O=C(CCCN1CCN(c2nsc3ccccc23)CC1)N1c2ccccc2CCc2ccccc21. The van der Waals surface area contributed by atoms with Gasteiger partial charge in [0.1, 0.15) is 5.82 Å². The molecule has 6 heteroatoms. The number of anilines is 3. The number of fused-ring (bicyclic) bond motifs is 3. The second-order valence-corrected chi connectivity index (χ2v) is 10.2. The van der Waals surface area contributed by atoms with Crippen molar-refractivity contribution < 1.29 is 4.79 Å². The topological polar surface area (TPSA) is 39.7 Å². The number of nitrogens with zero attached hydrogens (tertiary/aromatic N) is 4. The van der Waals surface area contributed by atoms with Crippen LogP contribution in [0.1, 0.15) is 24.0 Å². The fraction of sp³-hybridized carbons (Fsp3) is 0.310. The monoisotopic (exact) mass is 482 g/mol. The Hall–Kier alpha value is -3.22. The molecule has 0 N–H and O–H groups in total. The average molecular weight is 483 g/mol. The molecule has 2 aliphatic heterocycles. The lowest BCUT2D eigenvalue weighted by molar-refractivity contribution is -0.118. The van der Waals surface area contributed by atoms with Gasteiger partial charge < -0.3 is 4.90 Å². The van der Waals surface area contributed by atoms with Gasteiger partial charge in [-0.2, -0.15) is 4.37 Å². The molecule has 178 valence electrons. The van der Waals surface area contributed by atoms with E-state index in [1.165, 1.54) is 21.2 Å². The van der Waals surface area contributed by atoms with Crippen LogP contribution in [0.2, 0.25) is 0 Å². The summed E-state index contributed by atoms with van der Waals surface area (Å²) in [5.74, 6) is 1.32. The maximum atomic E-state index is 13.5. The number of hydrogen-bond donors (Lipinski definition) is 0. The number of hydrogen-bond acceptors (Lipinski definition) is 5. The minimum atomic E-state index is 0.194. The molecule has 1 saturated heterocycles.